The van der Waals surface area contributed by atoms with Gasteiger partial charge < -0.3 is 19.9 Å². The lowest BCUT2D eigenvalue weighted by atomic mass is 9.81. The van der Waals surface area contributed by atoms with Crippen LogP contribution in [-0.2, 0) is 5.41 Å². The number of nitrogens with one attached hydrogen (secondary N) is 1. The maximum atomic E-state index is 12.8. The van der Waals surface area contributed by atoms with Gasteiger partial charge in [0.2, 0.25) is 0 Å². The van der Waals surface area contributed by atoms with E-state index in [0.29, 0.717) is 29.0 Å². The molecule has 0 aliphatic heterocycles. The smallest absolute Gasteiger partial charge is 0.251 e. The number of unbranched alkanes of at least 4 members (excludes halogenated alkanes) is 3. The first-order chi connectivity index (χ1) is 15.8. The van der Waals surface area contributed by atoms with Crippen molar-refractivity contribution in [2.45, 2.75) is 51.9 Å². The zero-order chi connectivity index (χ0) is 23.8. The molecule has 1 amide bonds. The maximum absolute atomic E-state index is 12.8. The monoisotopic (exact) mass is 447 g/mol. The Balaban J connectivity index is 1.77. The van der Waals surface area contributed by atoms with Crippen LogP contribution in [0.3, 0.4) is 0 Å². The fraction of sp³-hybridized carbons (Fsp3) is 0.393. The molecule has 4 rings (SSSR count). The van der Waals surface area contributed by atoms with E-state index in [1.807, 2.05) is 36.4 Å². The third kappa shape index (κ3) is 3.90. The molecule has 0 unspecified atom stereocenters. The molecular weight excluding hydrogens is 414 g/mol. The van der Waals surface area contributed by atoms with Gasteiger partial charge in [0.05, 0.1) is 14.2 Å². The van der Waals surface area contributed by atoms with Gasteiger partial charge in [0, 0.05) is 22.9 Å². The summed E-state index contributed by atoms with van der Waals surface area (Å²) < 4.78 is 11.0. The van der Waals surface area contributed by atoms with Gasteiger partial charge in [0.15, 0.2) is 11.5 Å². The van der Waals surface area contributed by atoms with Crippen molar-refractivity contribution < 1.29 is 19.4 Å². The Morgan fingerprint density at radius 1 is 0.939 bits per heavy atom. The Hall–Kier alpha value is -3.21. The molecule has 1 aliphatic carbocycles. The molecule has 5 heteroatoms. The quantitative estimate of drug-likeness (QED) is 0.405. The van der Waals surface area contributed by atoms with Crippen molar-refractivity contribution in [3.8, 4) is 28.4 Å². The summed E-state index contributed by atoms with van der Waals surface area (Å²) in [6, 6.07) is 11.5. The first-order valence-corrected chi connectivity index (χ1v) is 11.7. The molecule has 33 heavy (non-hydrogen) atoms. The van der Waals surface area contributed by atoms with E-state index in [4.69, 9.17) is 9.47 Å². The second-order valence-corrected chi connectivity index (χ2v) is 9.27. The van der Waals surface area contributed by atoms with Gasteiger partial charge in [-0.25, -0.2) is 0 Å². The van der Waals surface area contributed by atoms with Gasteiger partial charge in [-0.2, -0.15) is 0 Å². The Labute approximate surface area is 195 Å². The van der Waals surface area contributed by atoms with Crippen LogP contribution in [0.4, 0.5) is 0 Å². The number of phenols is 1. The van der Waals surface area contributed by atoms with Crippen molar-refractivity contribution in [2.24, 2.45) is 0 Å². The van der Waals surface area contributed by atoms with Crippen LogP contribution in [0.5, 0.6) is 17.2 Å². The Morgan fingerprint density at radius 3 is 2.30 bits per heavy atom. The van der Waals surface area contributed by atoms with E-state index in [2.05, 4.69) is 26.1 Å². The van der Waals surface area contributed by atoms with Gasteiger partial charge in [-0.3, -0.25) is 4.79 Å². The molecular formula is C28H33NO4. The number of phenolic OH excluding ortho intramolecular Hbond substituents is 1. The van der Waals surface area contributed by atoms with Crippen LogP contribution in [0.1, 0.15) is 67.9 Å². The van der Waals surface area contributed by atoms with Gasteiger partial charge in [-0.15, -0.1) is 0 Å². The number of aromatic hydroxyl groups is 1. The van der Waals surface area contributed by atoms with Gasteiger partial charge >= 0.3 is 0 Å². The molecule has 0 heterocycles. The normalized spacial score (nSPS) is 13.5. The summed E-state index contributed by atoms with van der Waals surface area (Å²) in [5.74, 6) is 1.35. The molecule has 0 bridgehead atoms. The highest BCUT2D eigenvalue weighted by Gasteiger charge is 2.38. The van der Waals surface area contributed by atoms with Crippen molar-refractivity contribution in [3.05, 3.63) is 53.1 Å². The minimum absolute atomic E-state index is 0.0415. The Bertz CT molecular complexity index is 1210. The van der Waals surface area contributed by atoms with Crippen molar-refractivity contribution in [2.75, 3.05) is 20.8 Å². The highest BCUT2D eigenvalue weighted by Crippen LogP contribution is 2.54. The number of hydrogen-bond donors (Lipinski definition) is 2. The van der Waals surface area contributed by atoms with Gasteiger partial charge in [-0.05, 0) is 64.4 Å². The number of benzene rings is 3. The van der Waals surface area contributed by atoms with Gasteiger partial charge in [0.25, 0.3) is 5.91 Å². The van der Waals surface area contributed by atoms with Crippen molar-refractivity contribution in [1.82, 2.24) is 5.32 Å². The fourth-order valence-electron chi connectivity index (χ4n) is 4.93. The first kappa shape index (κ1) is 23.0. The van der Waals surface area contributed by atoms with E-state index < -0.39 is 0 Å². The number of fused-ring (bicyclic) bond motifs is 5. The number of carbonyl (C=O) groups is 1. The third-order valence-electron chi connectivity index (χ3n) is 6.83. The summed E-state index contributed by atoms with van der Waals surface area (Å²) >= 11 is 0. The van der Waals surface area contributed by atoms with Crippen LogP contribution in [-0.4, -0.2) is 31.8 Å². The molecule has 2 N–H and O–H groups in total. The fourth-order valence-corrected chi connectivity index (χ4v) is 4.93. The first-order valence-electron chi connectivity index (χ1n) is 11.7. The molecule has 174 valence electrons. The summed E-state index contributed by atoms with van der Waals surface area (Å²) in [4.78, 5) is 12.8. The Morgan fingerprint density at radius 2 is 1.64 bits per heavy atom. The van der Waals surface area contributed by atoms with Crippen molar-refractivity contribution >= 4 is 16.7 Å². The molecule has 0 atom stereocenters. The number of amides is 1. The van der Waals surface area contributed by atoms with Gasteiger partial charge in [0.1, 0.15) is 5.75 Å². The lowest BCUT2D eigenvalue weighted by Gasteiger charge is -2.22. The summed E-state index contributed by atoms with van der Waals surface area (Å²) in [7, 11) is 3.20. The summed E-state index contributed by atoms with van der Waals surface area (Å²) in [6.45, 7) is 7.14. The molecule has 0 saturated carbocycles. The average molecular weight is 448 g/mol. The molecule has 3 aromatic rings. The molecule has 1 aliphatic rings. The molecule has 0 aromatic heterocycles. The second kappa shape index (κ2) is 8.97. The van der Waals surface area contributed by atoms with E-state index in [-0.39, 0.29) is 17.1 Å². The molecule has 0 saturated heterocycles. The van der Waals surface area contributed by atoms with E-state index in [9.17, 15) is 9.90 Å². The van der Waals surface area contributed by atoms with Crippen LogP contribution in [0, 0.1) is 0 Å². The summed E-state index contributed by atoms with van der Waals surface area (Å²) in [5.41, 5.74) is 4.56. The molecule has 0 fully saturated rings. The van der Waals surface area contributed by atoms with E-state index in [0.717, 1.165) is 40.5 Å². The number of ether oxygens (including phenoxy) is 2. The molecule has 0 spiro atoms. The SMILES string of the molecule is CCCCCCNC(=O)c1ccc2c(c1)C(C)(C)c1cc(O)c3cc(OC)c(OC)cc3c1-2. The average Bonchev–Trinajstić information content (AvgIpc) is 3.04. The van der Waals surface area contributed by atoms with Crippen molar-refractivity contribution in [3.63, 3.8) is 0 Å². The lowest BCUT2D eigenvalue weighted by molar-refractivity contribution is 0.0953. The van der Waals surface area contributed by atoms with E-state index in [1.165, 1.54) is 12.8 Å². The number of carbonyl (C=O) groups excluding carboxylic acids is 1. The van der Waals surface area contributed by atoms with Crippen LogP contribution < -0.4 is 14.8 Å². The molecule has 5 nitrogen and oxygen atoms in total. The standard InChI is InChI=1S/C28H33NO4/c1-6-7-8-9-12-29-27(31)17-10-11-18-21(13-17)28(2,3)22-16-23(30)19-14-24(32-4)25(33-5)15-20(19)26(18)22/h10-11,13-16,30H,6-9,12H2,1-5H3,(H,29,31). The predicted octanol–water partition coefficient (Wildman–Crippen LogP) is 6.18. The largest absolute Gasteiger partial charge is 0.507 e. The zero-order valence-electron chi connectivity index (χ0n) is 20.2. The third-order valence-corrected chi connectivity index (χ3v) is 6.83. The molecule has 0 radical (unpaired) electrons. The number of rotatable bonds is 8. The van der Waals surface area contributed by atoms with E-state index in [1.54, 1.807) is 14.2 Å². The lowest BCUT2D eigenvalue weighted by Crippen LogP contribution is -2.25. The number of methoxy groups -OCH3 is 2. The highest BCUT2D eigenvalue weighted by atomic mass is 16.5. The Kier molecular flexibility index (Phi) is 6.24. The highest BCUT2D eigenvalue weighted by molar-refractivity contribution is 6.07. The topological polar surface area (TPSA) is 67.8 Å². The second-order valence-electron chi connectivity index (χ2n) is 9.27. The minimum Gasteiger partial charge on any atom is -0.507 e. The summed E-state index contributed by atoms with van der Waals surface area (Å²) in [6.07, 6.45) is 4.50. The number of hydrogen-bond acceptors (Lipinski definition) is 4. The predicted molar refractivity (Wildman–Crippen MR) is 133 cm³/mol. The van der Waals surface area contributed by atoms with Gasteiger partial charge in [-0.1, -0.05) is 46.1 Å². The van der Waals surface area contributed by atoms with Crippen LogP contribution in [0.2, 0.25) is 0 Å². The summed E-state index contributed by atoms with van der Waals surface area (Å²) in [5, 5.41) is 15.5. The van der Waals surface area contributed by atoms with E-state index >= 15 is 0 Å². The van der Waals surface area contributed by atoms with Crippen LogP contribution in [0.15, 0.2) is 36.4 Å². The van der Waals surface area contributed by atoms with Crippen LogP contribution in [0.25, 0.3) is 21.9 Å². The maximum Gasteiger partial charge on any atom is 0.251 e. The van der Waals surface area contributed by atoms with Crippen LogP contribution >= 0.6 is 0 Å². The van der Waals surface area contributed by atoms with Crippen molar-refractivity contribution in [1.29, 1.82) is 0 Å². The minimum atomic E-state index is -0.360. The molecule has 3 aromatic carbocycles. The zero-order valence-corrected chi connectivity index (χ0v) is 20.2.